The molecule has 0 aliphatic carbocycles. The fourth-order valence-electron chi connectivity index (χ4n) is 5.08. The molecule has 2 heterocycles. The zero-order valence-electron chi connectivity index (χ0n) is 15.8. The lowest BCUT2D eigenvalue weighted by molar-refractivity contribution is 0.0457. The number of amides is 2. The summed E-state index contributed by atoms with van der Waals surface area (Å²) in [6.07, 6.45) is 2.53. The van der Waals surface area contributed by atoms with Crippen molar-refractivity contribution in [3.05, 3.63) is 47.5 Å². The minimum Gasteiger partial charge on any atom is -0.360 e. The molecule has 2 aliphatic rings. The molecule has 4 heteroatoms. The summed E-state index contributed by atoms with van der Waals surface area (Å²) < 4.78 is 6.27. The third-order valence-electron chi connectivity index (χ3n) is 6.64. The monoisotopic (exact) mass is 351 g/mol. The molecule has 136 valence electrons. The molecule has 2 aromatic rings. The molecule has 2 aromatic carbocycles. The molecule has 26 heavy (non-hydrogen) atoms. The third-order valence-corrected chi connectivity index (χ3v) is 6.64. The number of hydrogen-bond donors (Lipinski definition) is 0. The second-order valence-electron chi connectivity index (χ2n) is 7.41. The fourth-order valence-corrected chi connectivity index (χ4v) is 5.08. The Labute approximate surface area is 154 Å². The largest absolute Gasteiger partial charge is 0.360 e. The molecule has 0 N–H and O–H groups in total. The summed E-state index contributed by atoms with van der Waals surface area (Å²) >= 11 is 0. The van der Waals surface area contributed by atoms with Crippen LogP contribution in [0, 0.1) is 0 Å². The number of imide groups is 1. The van der Waals surface area contributed by atoms with Crippen molar-refractivity contribution < 1.29 is 14.3 Å². The lowest BCUT2D eigenvalue weighted by Gasteiger charge is -2.36. The summed E-state index contributed by atoms with van der Waals surface area (Å²) in [5.74, 6) is -0.424. The van der Waals surface area contributed by atoms with Gasteiger partial charge in [-0.15, -0.1) is 0 Å². The van der Waals surface area contributed by atoms with Crippen LogP contribution in [0.1, 0.15) is 67.7 Å². The number of rotatable bonds is 5. The standard InChI is InChI=1S/C22H25NO3/c1-5-21(6-2)22(7-3,26-21)14(4)23-19(24)16-12-8-10-15-11-9-13-17(18(15)16)20(23)25/h8-14H,5-7H2,1-4H3. The summed E-state index contributed by atoms with van der Waals surface area (Å²) in [6.45, 7) is 8.27. The molecule has 0 saturated carbocycles. The summed E-state index contributed by atoms with van der Waals surface area (Å²) in [5, 5.41) is 1.70. The van der Waals surface area contributed by atoms with E-state index in [2.05, 4.69) is 20.8 Å². The zero-order chi connectivity index (χ0) is 18.7. The van der Waals surface area contributed by atoms with Crippen LogP contribution in [0.15, 0.2) is 36.4 Å². The van der Waals surface area contributed by atoms with E-state index in [-0.39, 0.29) is 23.5 Å². The molecule has 0 aromatic heterocycles. The van der Waals surface area contributed by atoms with Crippen LogP contribution in [0.5, 0.6) is 0 Å². The van der Waals surface area contributed by atoms with Gasteiger partial charge in [0.05, 0.1) is 11.6 Å². The van der Waals surface area contributed by atoms with Gasteiger partial charge in [-0.25, -0.2) is 0 Å². The number of carbonyl (C=O) groups excluding carboxylic acids is 2. The summed E-state index contributed by atoms with van der Waals surface area (Å²) in [6, 6.07) is 11.0. The maximum absolute atomic E-state index is 13.3. The third kappa shape index (κ3) is 1.94. The van der Waals surface area contributed by atoms with E-state index in [4.69, 9.17) is 4.74 Å². The molecule has 1 fully saturated rings. The summed E-state index contributed by atoms with van der Waals surface area (Å²) in [7, 11) is 0. The van der Waals surface area contributed by atoms with Crippen LogP contribution in [0.25, 0.3) is 10.8 Å². The van der Waals surface area contributed by atoms with Crippen LogP contribution in [0.2, 0.25) is 0 Å². The van der Waals surface area contributed by atoms with Gasteiger partial charge >= 0.3 is 0 Å². The molecular weight excluding hydrogens is 326 g/mol. The highest BCUT2D eigenvalue weighted by Gasteiger charge is 2.70. The molecule has 1 saturated heterocycles. The Morgan fingerprint density at radius 1 is 0.923 bits per heavy atom. The van der Waals surface area contributed by atoms with Gasteiger partial charge in [-0.2, -0.15) is 0 Å². The van der Waals surface area contributed by atoms with E-state index in [1.54, 1.807) is 0 Å². The zero-order valence-corrected chi connectivity index (χ0v) is 15.8. The van der Waals surface area contributed by atoms with Gasteiger partial charge in [0, 0.05) is 16.5 Å². The van der Waals surface area contributed by atoms with Crippen molar-refractivity contribution in [2.75, 3.05) is 0 Å². The molecule has 4 nitrogen and oxygen atoms in total. The number of benzene rings is 2. The van der Waals surface area contributed by atoms with E-state index in [0.29, 0.717) is 11.1 Å². The van der Waals surface area contributed by atoms with Gasteiger partial charge in [0.1, 0.15) is 5.60 Å². The molecule has 2 unspecified atom stereocenters. The van der Waals surface area contributed by atoms with Crippen LogP contribution in [0.4, 0.5) is 0 Å². The molecular formula is C22H25NO3. The van der Waals surface area contributed by atoms with Crippen LogP contribution in [0.3, 0.4) is 0 Å². The Morgan fingerprint density at radius 2 is 1.46 bits per heavy atom. The van der Waals surface area contributed by atoms with Gasteiger partial charge in [0.25, 0.3) is 11.8 Å². The highest BCUT2D eigenvalue weighted by molar-refractivity contribution is 6.25. The fraction of sp³-hybridized carbons (Fsp3) is 0.455. The first-order valence-electron chi connectivity index (χ1n) is 9.56. The van der Waals surface area contributed by atoms with Crippen LogP contribution < -0.4 is 0 Å². The van der Waals surface area contributed by atoms with Crippen molar-refractivity contribution in [2.24, 2.45) is 0 Å². The van der Waals surface area contributed by atoms with E-state index >= 15 is 0 Å². The second-order valence-corrected chi connectivity index (χ2v) is 7.41. The highest BCUT2D eigenvalue weighted by atomic mass is 16.6. The Bertz CT molecular complexity index is 864. The Kier molecular flexibility index (Phi) is 3.74. The second kappa shape index (κ2) is 5.65. The van der Waals surface area contributed by atoms with Gasteiger partial charge < -0.3 is 4.74 Å². The van der Waals surface area contributed by atoms with Gasteiger partial charge in [0.15, 0.2) is 0 Å². The SMILES string of the molecule is CCC1(CC)OC1(CC)C(C)N1C(=O)c2cccc3cccc(c23)C1=O. The normalized spacial score (nSPS) is 24.8. The lowest BCUT2D eigenvalue weighted by Crippen LogP contribution is -2.54. The van der Waals surface area contributed by atoms with E-state index in [0.717, 1.165) is 30.0 Å². The Hall–Kier alpha value is -2.20. The minimum atomic E-state index is -0.456. The Balaban J connectivity index is 1.82. The highest BCUT2D eigenvalue weighted by Crippen LogP contribution is 2.58. The van der Waals surface area contributed by atoms with Crippen molar-refractivity contribution in [1.82, 2.24) is 4.90 Å². The molecule has 4 rings (SSSR count). The predicted molar refractivity (Wildman–Crippen MR) is 101 cm³/mol. The molecule has 2 atom stereocenters. The summed E-state index contributed by atoms with van der Waals surface area (Å²) in [4.78, 5) is 28.0. The first kappa shape index (κ1) is 17.2. The van der Waals surface area contributed by atoms with E-state index < -0.39 is 5.60 Å². The number of epoxide rings is 1. The topological polar surface area (TPSA) is 49.9 Å². The van der Waals surface area contributed by atoms with Gasteiger partial charge in [-0.05, 0) is 43.7 Å². The molecule has 0 spiro atoms. The van der Waals surface area contributed by atoms with E-state index in [1.165, 1.54) is 4.90 Å². The maximum Gasteiger partial charge on any atom is 0.261 e. The maximum atomic E-state index is 13.3. The van der Waals surface area contributed by atoms with E-state index in [1.807, 2.05) is 43.3 Å². The molecule has 0 bridgehead atoms. The van der Waals surface area contributed by atoms with Crippen molar-refractivity contribution in [2.45, 2.75) is 64.2 Å². The number of carbonyl (C=O) groups is 2. The number of nitrogens with zero attached hydrogens (tertiary/aromatic N) is 1. The smallest absolute Gasteiger partial charge is 0.261 e. The van der Waals surface area contributed by atoms with Crippen LogP contribution >= 0.6 is 0 Å². The first-order chi connectivity index (χ1) is 12.5. The van der Waals surface area contributed by atoms with Crippen molar-refractivity contribution >= 4 is 22.6 Å². The van der Waals surface area contributed by atoms with Crippen molar-refractivity contribution in [3.8, 4) is 0 Å². The van der Waals surface area contributed by atoms with Crippen LogP contribution in [-0.4, -0.2) is 34.0 Å². The lowest BCUT2D eigenvalue weighted by atomic mass is 9.79. The van der Waals surface area contributed by atoms with E-state index in [9.17, 15) is 9.59 Å². The van der Waals surface area contributed by atoms with Crippen molar-refractivity contribution in [1.29, 1.82) is 0 Å². The van der Waals surface area contributed by atoms with Gasteiger partial charge in [0.2, 0.25) is 0 Å². The minimum absolute atomic E-state index is 0.212. The molecule has 0 radical (unpaired) electrons. The molecule has 2 amide bonds. The first-order valence-corrected chi connectivity index (χ1v) is 9.56. The van der Waals surface area contributed by atoms with Crippen molar-refractivity contribution in [3.63, 3.8) is 0 Å². The van der Waals surface area contributed by atoms with Crippen LogP contribution in [-0.2, 0) is 4.74 Å². The Morgan fingerprint density at radius 3 is 1.88 bits per heavy atom. The summed E-state index contributed by atoms with van der Waals surface area (Å²) in [5.41, 5.74) is 0.511. The quantitative estimate of drug-likeness (QED) is 0.586. The average molecular weight is 351 g/mol. The number of hydrogen-bond acceptors (Lipinski definition) is 3. The average Bonchev–Trinajstić information content (AvgIpc) is 3.36. The van der Waals surface area contributed by atoms with Gasteiger partial charge in [-0.1, -0.05) is 45.0 Å². The predicted octanol–water partition coefficient (Wildman–Crippen LogP) is 4.56. The molecule has 2 aliphatic heterocycles. The van der Waals surface area contributed by atoms with Gasteiger partial charge in [-0.3, -0.25) is 14.5 Å². The number of ether oxygens (including phenoxy) is 1.